The maximum absolute atomic E-state index is 12.7. The molecule has 0 saturated heterocycles. The van der Waals surface area contributed by atoms with Crippen LogP contribution in [0.15, 0.2) is 61.3 Å². The lowest BCUT2D eigenvalue weighted by molar-refractivity contribution is -0.0638. The zero-order chi connectivity index (χ0) is 30.3. The van der Waals surface area contributed by atoms with Gasteiger partial charge in [0.05, 0.1) is 33.9 Å². The highest BCUT2D eigenvalue weighted by molar-refractivity contribution is 7.22. The lowest BCUT2D eigenvalue weighted by Gasteiger charge is -2.56. The Morgan fingerprint density at radius 3 is 2.47 bits per heavy atom. The summed E-state index contributed by atoms with van der Waals surface area (Å²) < 4.78 is 4.99. The number of nitrogens with zero attached hydrogens (tertiary/aromatic N) is 7. The number of nitrogens with one attached hydrogen (secondary N) is 1. The highest BCUT2D eigenvalue weighted by atomic mass is 32.1. The second-order valence-electron chi connectivity index (χ2n) is 13.4. The predicted octanol–water partition coefficient (Wildman–Crippen LogP) is 7.26. The molecule has 5 aromatic heterocycles. The van der Waals surface area contributed by atoms with Crippen LogP contribution >= 0.6 is 11.3 Å². The third-order valence-electron chi connectivity index (χ3n) is 10.4. The molecule has 4 saturated carbocycles. The molecule has 0 unspecified atom stereocenters. The average molecular weight is 617 g/mol. The first-order valence-electron chi connectivity index (χ1n) is 15.6. The molecule has 0 radical (unpaired) electrons. The first-order chi connectivity index (χ1) is 21.9. The van der Waals surface area contributed by atoms with E-state index in [0.29, 0.717) is 28.0 Å². The van der Waals surface area contributed by atoms with Crippen molar-refractivity contribution in [2.75, 3.05) is 5.32 Å². The van der Waals surface area contributed by atoms with Crippen molar-refractivity contribution in [2.45, 2.75) is 52.0 Å². The number of aromatic carboxylic acids is 1. The fourth-order valence-corrected chi connectivity index (χ4v) is 9.75. The summed E-state index contributed by atoms with van der Waals surface area (Å²) in [5, 5.41) is 19.3. The first kappa shape index (κ1) is 26.7. The first-order valence-corrected chi connectivity index (χ1v) is 16.4. The Hall–Kier alpha value is -4.64. The summed E-state index contributed by atoms with van der Waals surface area (Å²) in [5.41, 5.74) is 5.25. The highest BCUT2D eigenvalue weighted by Gasteiger charge is 2.51. The van der Waals surface area contributed by atoms with Gasteiger partial charge in [0.1, 0.15) is 17.7 Å². The van der Waals surface area contributed by atoms with E-state index in [1.807, 2.05) is 49.5 Å². The summed E-state index contributed by atoms with van der Waals surface area (Å²) in [4.78, 5) is 31.2. The van der Waals surface area contributed by atoms with Gasteiger partial charge in [-0.05, 0) is 92.9 Å². The number of anilines is 2. The minimum atomic E-state index is -1.04. The van der Waals surface area contributed by atoms with Crippen LogP contribution < -0.4 is 5.32 Å². The molecular weight excluding hydrogens is 584 g/mol. The number of hydrogen-bond donors (Lipinski definition) is 2. The molecule has 6 aromatic rings. The van der Waals surface area contributed by atoms with Crippen LogP contribution in [0.2, 0.25) is 0 Å². The third-order valence-corrected chi connectivity index (χ3v) is 11.3. The quantitative estimate of drug-likeness (QED) is 0.192. The van der Waals surface area contributed by atoms with Crippen molar-refractivity contribution in [1.29, 1.82) is 0 Å². The van der Waals surface area contributed by atoms with E-state index in [2.05, 4.69) is 25.0 Å². The zero-order valence-electron chi connectivity index (χ0n) is 24.8. The lowest BCUT2D eigenvalue weighted by Crippen LogP contribution is -2.48. The normalized spacial score (nSPS) is 23.7. The number of thiazole rings is 1. The van der Waals surface area contributed by atoms with Crippen LogP contribution in [0.3, 0.4) is 0 Å². The molecule has 0 amide bonds. The Kier molecular flexibility index (Phi) is 5.90. The van der Waals surface area contributed by atoms with Gasteiger partial charge in [-0.3, -0.25) is 9.25 Å². The Balaban J connectivity index is 1.01. The minimum absolute atomic E-state index is 0.137. The number of benzene rings is 1. The molecular formula is C34H32N8O2S. The fourth-order valence-electron chi connectivity index (χ4n) is 8.88. The van der Waals surface area contributed by atoms with Crippen molar-refractivity contribution in [3.05, 3.63) is 72.6 Å². The van der Waals surface area contributed by atoms with Crippen LogP contribution in [0.25, 0.3) is 38.2 Å². The molecule has 5 heterocycles. The molecule has 10 rings (SSSR count). The third kappa shape index (κ3) is 4.43. The maximum atomic E-state index is 12.7. The van der Waals surface area contributed by atoms with Gasteiger partial charge >= 0.3 is 5.97 Å². The fraction of sp³-hybridized carbons (Fsp3) is 0.353. The van der Waals surface area contributed by atoms with Crippen molar-refractivity contribution in [2.24, 2.45) is 23.2 Å². The van der Waals surface area contributed by atoms with Crippen molar-refractivity contribution in [1.82, 2.24) is 34.3 Å². The molecule has 0 spiro atoms. The number of imidazole rings is 1. The van der Waals surface area contributed by atoms with E-state index in [1.165, 1.54) is 38.5 Å². The van der Waals surface area contributed by atoms with Crippen molar-refractivity contribution in [3.8, 4) is 16.8 Å². The van der Waals surface area contributed by atoms with Crippen molar-refractivity contribution in [3.63, 3.8) is 0 Å². The standard InChI is InChI=1S/C34H32N8O2S/c1-19-24(16-38-42(19)17-34-11-20-8-21(12-34)10-22(9-20)13-34)25-15-36-31-30(29(25)32(43)44)37-18-41(31)23-6-7-28(35-14-23)40-33-39-26-4-2-3-5-27(26)45-33/h2-7,14-16,18,20-22H,8-13,17H2,1H3,(H,43,44)(H,35,39,40). The summed E-state index contributed by atoms with van der Waals surface area (Å²) in [6.07, 6.45) is 14.9. The number of rotatable bonds is 7. The van der Waals surface area contributed by atoms with Gasteiger partial charge in [0.25, 0.3) is 0 Å². The molecule has 4 aliphatic carbocycles. The van der Waals surface area contributed by atoms with Gasteiger partial charge in [0, 0.05) is 29.6 Å². The molecule has 0 aliphatic heterocycles. The highest BCUT2D eigenvalue weighted by Crippen LogP contribution is 2.60. The van der Waals surface area contributed by atoms with Crippen LogP contribution in [0.4, 0.5) is 10.9 Å². The number of carbonyl (C=O) groups is 1. The maximum Gasteiger partial charge on any atom is 0.338 e. The molecule has 4 bridgehead atoms. The monoisotopic (exact) mass is 616 g/mol. The second kappa shape index (κ2) is 9.93. The Morgan fingerprint density at radius 1 is 0.978 bits per heavy atom. The van der Waals surface area contributed by atoms with Crippen LogP contribution in [0.1, 0.15) is 54.6 Å². The summed E-state index contributed by atoms with van der Waals surface area (Å²) in [5.74, 6) is 2.23. The van der Waals surface area contributed by atoms with Gasteiger partial charge in [-0.2, -0.15) is 5.10 Å². The predicted molar refractivity (Wildman–Crippen MR) is 173 cm³/mol. The molecule has 1 aromatic carbocycles. The Morgan fingerprint density at radius 2 is 1.76 bits per heavy atom. The number of para-hydroxylation sites is 1. The van der Waals surface area contributed by atoms with Crippen LogP contribution in [0, 0.1) is 30.1 Å². The van der Waals surface area contributed by atoms with Gasteiger partial charge in [-0.15, -0.1) is 0 Å². The van der Waals surface area contributed by atoms with E-state index in [4.69, 9.17) is 10.1 Å². The molecule has 45 heavy (non-hydrogen) atoms. The number of fused-ring (bicyclic) bond motifs is 2. The molecule has 226 valence electrons. The Bertz CT molecular complexity index is 2040. The second-order valence-corrected chi connectivity index (χ2v) is 14.4. The summed E-state index contributed by atoms with van der Waals surface area (Å²) >= 11 is 1.57. The van der Waals surface area contributed by atoms with E-state index >= 15 is 0 Å². The number of hydrogen-bond acceptors (Lipinski definition) is 8. The van der Waals surface area contributed by atoms with Gasteiger partial charge in [-0.1, -0.05) is 23.5 Å². The minimum Gasteiger partial charge on any atom is -0.478 e. The number of pyridine rings is 2. The van der Waals surface area contributed by atoms with Crippen LogP contribution in [0.5, 0.6) is 0 Å². The van der Waals surface area contributed by atoms with E-state index in [0.717, 1.165) is 56.6 Å². The van der Waals surface area contributed by atoms with E-state index in [-0.39, 0.29) is 5.56 Å². The van der Waals surface area contributed by atoms with Gasteiger partial charge in [0.2, 0.25) is 0 Å². The Labute approximate surface area is 263 Å². The SMILES string of the molecule is Cc1c(-c2cnc3c(ncn3-c3ccc(Nc4nc5ccccc5s4)nc3)c2C(=O)O)cnn1CC12CC3CC(CC(C3)C1)C2. The largest absolute Gasteiger partial charge is 0.478 e. The van der Waals surface area contributed by atoms with Crippen molar-refractivity contribution >= 4 is 49.6 Å². The van der Waals surface area contributed by atoms with E-state index < -0.39 is 5.97 Å². The van der Waals surface area contributed by atoms with E-state index in [9.17, 15) is 9.90 Å². The zero-order valence-corrected chi connectivity index (χ0v) is 25.7. The van der Waals surface area contributed by atoms with Crippen molar-refractivity contribution < 1.29 is 9.90 Å². The number of carboxylic acids is 1. The van der Waals surface area contributed by atoms with Crippen LogP contribution in [-0.2, 0) is 6.54 Å². The van der Waals surface area contributed by atoms with E-state index in [1.54, 1.807) is 34.6 Å². The molecule has 4 aliphatic rings. The summed E-state index contributed by atoms with van der Waals surface area (Å²) in [6.45, 7) is 2.96. The molecule has 4 fully saturated rings. The molecule has 10 nitrogen and oxygen atoms in total. The number of aromatic nitrogens is 7. The lowest BCUT2D eigenvalue weighted by atomic mass is 9.49. The topological polar surface area (TPSA) is 124 Å². The van der Waals surface area contributed by atoms with Gasteiger partial charge in [0.15, 0.2) is 10.8 Å². The average Bonchev–Trinajstić information content (AvgIpc) is 3.73. The summed E-state index contributed by atoms with van der Waals surface area (Å²) in [6, 6.07) is 11.8. The summed E-state index contributed by atoms with van der Waals surface area (Å²) in [7, 11) is 0. The van der Waals surface area contributed by atoms with Crippen LogP contribution in [-0.4, -0.2) is 45.4 Å². The molecule has 0 atom stereocenters. The molecule has 11 heteroatoms. The smallest absolute Gasteiger partial charge is 0.338 e. The number of carboxylic acid groups (broad SMARTS) is 1. The molecule has 2 N–H and O–H groups in total. The van der Waals surface area contributed by atoms with Gasteiger partial charge in [-0.25, -0.2) is 24.7 Å². The van der Waals surface area contributed by atoms with Gasteiger partial charge < -0.3 is 10.4 Å².